The van der Waals surface area contributed by atoms with Gasteiger partial charge in [0.15, 0.2) is 11.6 Å². The number of amides is 1. The van der Waals surface area contributed by atoms with E-state index in [2.05, 4.69) is 33.6 Å². The van der Waals surface area contributed by atoms with Gasteiger partial charge in [0.25, 0.3) is 5.91 Å². The number of halogens is 1. The van der Waals surface area contributed by atoms with Gasteiger partial charge < -0.3 is 5.32 Å². The first-order chi connectivity index (χ1) is 16.7. The molecule has 2 aromatic carbocycles. The van der Waals surface area contributed by atoms with Crippen LogP contribution in [0.25, 0.3) is 27.6 Å². The summed E-state index contributed by atoms with van der Waals surface area (Å²) in [5.41, 5.74) is 5.52. The van der Waals surface area contributed by atoms with Crippen molar-refractivity contribution in [3.8, 4) is 11.9 Å². The van der Waals surface area contributed by atoms with Gasteiger partial charge in [0.05, 0.1) is 22.8 Å². The normalized spacial score (nSPS) is 11.1. The van der Waals surface area contributed by atoms with Crippen LogP contribution in [0, 0.1) is 44.8 Å². The second kappa shape index (κ2) is 8.29. The van der Waals surface area contributed by atoms with Crippen LogP contribution in [0.2, 0.25) is 0 Å². The van der Waals surface area contributed by atoms with Crippen molar-refractivity contribution >= 4 is 33.5 Å². The zero-order valence-corrected chi connectivity index (χ0v) is 19.6. The van der Waals surface area contributed by atoms with Gasteiger partial charge >= 0.3 is 0 Å². The molecule has 8 heteroatoms. The van der Waals surface area contributed by atoms with E-state index in [1.165, 1.54) is 29.1 Å². The third kappa shape index (κ3) is 3.87. The number of carbonyl (C=O) groups excluding carboxylic acids is 1. The Morgan fingerprint density at radius 2 is 1.80 bits per heavy atom. The van der Waals surface area contributed by atoms with Crippen molar-refractivity contribution in [2.45, 2.75) is 27.7 Å². The van der Waals surface area contributed by atoms with Gasteiger partial charge in [-0.05, 0) is 75.2 Å². The van der Waals surface area contributed by atoms with E-state index in [9.17, 15) is 14.4 Å². The minimum Gasteiger partial charge on any atom is -0.305 e. The number of hydrogen-bond donors (Lipinski definition) is 1. The third-order valence-electron chi connectivity index (χ3n) is 5.92. The molecule has 1 amide bonds. The third-order valence-corrected chi connectivity index (χ3v) is 5.92. The summed E-state index contributed by atoms with van der Waals surface area (Å²) in [6, 6.07) is 13.8. The summed E-state index contributed by atoms with van der Waals surface area (Å²) in [6.45, 7) is 7.78. The van der Waals surface area contributed by atoms with Gasteiger partial charge in [-0.3, -0.25) is 9.78 Å². The molecule has 3 heterocycles. The lowest BCUT2D eigenvalue weighted by Gasteiger charge is -2.13. The number of nitriles is 1. The van der Waals surface area contributed by atoms with Gasteiger partial charge in [0.2, 0.25) is 0 Å². The lowest BCUT2D eigenvalue weighted by Crippen LogP contribution is -2.17. The number of benzene rings is 2. The van der Waals surface area contributed by atoms with E-state index in [1.807, 2.05) is 26.8 Å². The van der Waals surface area contributed by atoms with Crippen LogP contribution in [0.5, 0.6) is 0 Å². The Labute approximate surface area is 200 Å². The van der Waals surface area contributed by atoms with Crippen LogP contribution < -0.4 is 5.32 Å². The van der Waals surface area contributed by atoms with Gasteiger partial charge in [0.1, 0.15) is 17.4 Å². The molecule has 0 saturated carbocycles. The van der Waals surface area contributed by atoms with Crippen molar-refractivity contribution in [1.82, 2.24) is 19.7 Å². The van der Waals surface area contributed by atoms with E-state index in [1.54, 1.807) is 13.0 Å². The largest absolute Gasteiger partial charge is 0.305 e. The zero-order chi connectivity index (χ0) is 24.9. The molecule has 0 unspecified atom stereocenters. The van der Waals surface area contributed by atoms with Crippen LogP contribution in [0.15, 0.2) is 48.7 Å². The summed E-state index contributed by atoms with van der Waals surface area (Å²) in [5.74, 6) is -0.317. The highest BCUT2D eigenvalue weighted by Crippen LogP contribution is 2.27. The summed E-state index contributed by atoms with van der Waals surface area (Å²) in [4.78, 5) is 22.6. The van der Waals surface area contributed by atoms with Crippen LogP contribution in [0.1, 0.15) is 38.3 Å². The lowest BCUT2D eigenvalue weighted by atomic mass is 10.0. The fourth-order valence-electron chi connectivity index (χ4n) is 4.35. The maximum atomic E-state index is 14.0. The molecule has 0 aliphatic heterocycles. The average Bonchev–Trinajstić information content (AvgIpc) is 3.21. The molecule has 0 bridgehead atoms. The Hall–Kier alpha value is -4.64. The quantitative estimate of drug-likeness (QED) is 0.382. The highest BCUT2D eigenvalue weighted by molar-refractivity contribution is 6.12. The molecule has 0 fully saturated rings. The summed E-state index contributed by atoms with van der Waals surface area (Å²) >= 11 is 0. The second-order valence-corrected chi connectivity index (χ2v) is 8.63. The van der Waals surface area contributed by atoms with Crippen molar-refractivity contribution in [3.05, 3.63) is 88.0 Å². The Kier molecular flexibility index (Phi) is 5.25. The van der Waals surface area contributed by atoms with E-state index in [-0.39, 0.29) is 16.9 Å². The number of pyridine rings is 2. The van der Waals surface area contributed by atoms with Gasteiger partial charge in [0, 0.05) is 16.5 Å². The van der Waals surface area contributed by atoms with E-state index < -0.39 is 11.7 Å². The van der Waals surface area contributed by atoms with Crippen LogP contribution in [-0.2, 0) is 0 Å². The summed E-state index contributed by atoms with van der Waals surface area (Å²) in [7, 11) is 0. The topological polar surface area (TPSA) is 96.5 Å². The van der Waals surface area contributed by atoms with Gasteiger partial charge in [-0.1, -0.05) is 11.6 Å². The van der Waals surface area contributed by atoms with Gasteiger partial charge in [-0.15, -0.1) is 0 Å². The molecule has 5 aromatic rings. The first-order valence-corrected chi connectivity index (χ1v) is 11.0. The first kappa shape index (κ1) is 22.2. The van der Waals surface area contributed by atoms with Crippen molar-refractivity contribution < 1.29 is 9.18 Å². The molecule has 172 valence electrons. The first-order valence-electron chi connectivity index (χ1n) is 11.0. The number of aryl methyl sites for hydroxylation is 4. The number of rotatable bonds is 3. The Morgan fingerprint density at radius 1 is 1.00 bits per heavy atom. The molecular weight excluding hydrogens is 443 g/mol. The molecule has 1 N–H and O–H groups in total. The molecule has 0 aliphatic rings. The van der Waals surface area contributed by atoms with E-state index >= 15 is 0 Å². The molecule has 5 rings (SSSR count). The Morgan fingerprint density at radius 3 is 2.57 bits per heavy atom. The van der Waals surface area contributed by atoms with Crippen LogP contribution in [-0.4, -0.2) is 25.7 Å². The maximum Gasteiger partial charge on any atom is 0.257 e. The highest BCUT2D eigenvalue weighted by Gasteiger charge is 2.20. The lowest BCUT2D eigenvalue weighted by molar-refractivity contribution is 0.102. The molecule has 0 radical (unpaired) electrons. The number of hydrogen-bond acceptors (Lipinski definition) is 5. The second-order valence-electron chi connectivity index (χ2n) is 8.63. The van der Waals surface area contributed by atoms with Crippen molar-refractivity contribution in [1.29, 1.82) is 5.26 Å². The maximum absolute atomic E-state index is 14.0. The fourth-order valence-corrected chi connectivity index (χ4v) is 4.35. The number of carbonyl (C=O) groups is 1. The number of nitrogens with one attached hydrogen (secondary N) is 1. The molecule has 0 saturated heterocycles. The van der Waals surface area contributed by atoms with Crippen LogP contribution >= 0.6 is 0 Å². The minimum absolute atomic E-state index is 0.180. The van der Waals surface area contributed by atoms with Crippen molar-refractivity contribution in [2.24, 2.45) is 0 Å². The molecule has 7 nitrogen and oxygen atoms in total. The molecule has 3 aromatic heterocycles. The van der Waals surface area contributed by atoms with E-state index in [4.69, 9.17) is 4.98 Å². The SMILES string of the molecule is Cc1cc(C)c2nc(-n3ncc(C#N)c3NC(=O)c3cc(C)nc4ccc(F)cc34)cc(C)c2c1. The number of anilines is 1. The summed E-state index contributed by atoms with van der Waals surface area (Å²) < 4.78 is 15.4. The van der Waals surface area contributed by atoms with Gasteiger partial charge in [-0.2, -0.15) is 15.0 Å². The highest BCUT2D eigenvalue weighted by atomic mass is 19.1. The molecule has 0 atom stereocenters. The molecule has 0 spiro atoms. The molecule has 0 aliphatic carbocycles. The average molecular weight is 465 g/mol. The van der Waals surface area contributed by atoms with Crippen molar-refractivity contribution in [3.63, 3.8) is 0 Å². The summed E-state index contributed by atoms with van der Waals surface area (Å²) in [5, 5.41) is 18.2. The number of fused-ring (bicyclic) bond motifs is 2. The Balaban J connectivity index is 1.63. The predicted molar refractivity (Wildman–Crippen MR) is 132 cm³/mol. The van der Waals surface area contributed by atoms with Gasteiger partial charge in [-0.25, -0.2) is 9.37 Å². The fraction of sp³-hybridized carbons (Fsp3) is 0.148. The smallest absolute Gasteiger partial charge is 0.257 e. The van der Waals surface area contributed by atoms with E-state index in [0.29, 0.717) is 22.4 Å². The number of nitrogens with zero attached hydrogens (tertiary/aromatic N) is 5. The number of aromatic nitrogens is 4. The monoisotopic (exact) mass is 464 g/mol. The standard InChI is InChI=1S/C27H21FN6O/c1-14-7-16(3)25-20(8-14)15(2)9-24(32-25)34-26(18(12-29)13-30-34)33-27(35)22-10-17(4)31-23-6-5-19(28)11-21(22)23/h5-11,13H,1-4H3,(H,33,35). The van der Waals surface area contributed by atoms with Crippen LogP contribution in [0.3, 0.4) is 0 Å². The zero-order valence-electron chi connectivity index (χ0n) is 19.6. The minimum atomic E-state index is -0.506. The summed E-state index contributed by atoms with van der Waals surface area (Å²) in [6.07, 6.45) is 1.38. The van der Waals surface area contributed by atoms with Crippen LogP contribution in [0.4, 0.5) is 10.2 Å². The molecular formula is C27H21FN6O. The van der Waals surface area contributed by atoms with Crippen molar-refractivity contribution in [2.75, 3.05) is 5.32 Å². The Bertz CT molecular complexity index is 1710. The van der Waals surface area contributed by atoms with E-state index in [0.717, 1.165) is 27.6 Å². The molecule has 35 heavy (non-hydrogen) atoms. The predicted octanol–water partition coefficient (Wildman–Crippen LogP) is 5.47.